The van der Waals surface area contributed by atoms with Crippen LogP contribution in [0, 0.1) is 0 Å². The summed E-state index contributed by atoms with van der Waals surface area (Å²) in [6.45, 7) is 3.26. The van der Waals surface area contributed by atoms with Gasteiger partial charge in [-0.05, 0) is 42.6 Å². The maximum Gasteiger partial charge on any atom is 0.0453 e. The smallest absolute Gasteiger partial charge is 0.0453 e. The number of fused-ring (bicyclic) bond motifs is 1. The number of hydrogen-bond donors (Lipinski definition) is 1. The van der Waals surface area contributed by atoms with E-state index in [2.05, 4.69) is 34.2 Å². The van der Waals surface area contributed by atoms with Crippen LogP contribution in [-0.4, -0.2) is 6.54 Å². The molecule has 82 valence electrons. The van der Waals surface area contributed by atoms with Crippen molar-refractivity contribution < 1.29 is 0 Å². The molecular formula is C12H15BrClN. The zero-order valence-electron chi connectivity index (χ0n) is 8.82. The Morgan fingerprint density at radius 3 is 3.07 bits per heavy atom. The van der Waals surface area contributed by atoms with E-state index in [9.17, 15) is 0 Å². The van der Waals surface area contributed by atoms with E-state index in [1.165, 1.54) is 24.0 Å². The molecule has 1 aromatic rings. The van der Waals surface area contributed by atoms with E-state index in [0.29, 0.717) is 6.04 Å². The van der Waals surface area contributed by atoms with Crippen LogP contribution in [0.25, 0.3) is 0 Å². The molecule has 1 atom stereocenters. The molecule has 0 saturated heterocycles. The highest BCUT2D eigenvalue weighted by molar-refractivity contribution is 9.10. The second-order valence-corrected chi connectivity index (χ2v) is 5.32. The summed E-state index contributed by atoms with van der Waals surface area (Å²) in [5.74, 6) is 0. The number of rotatable bonds is 2. The first-order valence-corrected chi connectivity index (χ1v) is 6.60. The Morgan fingerprint density at radius 1 is 1.53 bits per heavy atom. The van der Waals surface area contributed by atoms with Crippen LogP contribution in [0.5, 0.6) is 0 Å². The fourth-order valence-corrected chi connectivity index (χ4v) is 3.15. The third kappa shape index (κ3) is 2.38. The van der Waals surface area contributed by atoms with E-state index in [1.54, 1.807) is 0 Å². The Morgan fingerprint density at radius 2 is 2.33 bits per heavy atom. The first-order chi connectivity index (χ1) is 7.22. The molecule has 1 unspecified atom stereocenters. The molecule has 1 aliphatic heterocycles. The van der Waals surface area contributed by atoms with Gasteiger partial charge in [-0.15, -0.1) is 0 Å². The number of benzene rings is 1. The summed E-state index contributed by atoms with van der Waals surface area (Å²) in [7, 11) is 0. The molecule has 0 saturated carbocycles. The molecule has 0 spiro atoms. The van der Waals surface area contributed by atoms with Gasteiger partial charge in [0, 0.05) is 15.5 Å². The van der Waals surface area contributed by atoms with Crippen LogP contribution in [0.4, 0.5) is 0 Å². The predicted octanol–water partition coefficient (Wildman–Crippen LogP) is 4.09. The van der Waals surface area contributed by atoms with Crippen molar-refractivity contribution in [3.05, 3.63) is 32.8 Å². The minimum absolute atomic E-state index is 0.480. The summed E-state index contributed by atoms with van der Waals surface area (Å²) < 4.78 is 1.08. The summed E-state index contributed by atoms with van der Waals surface area (Å²) in [6, 6.07) is 4.68. The lowest BCUT2D eigenvalue weighted by molar-refractivity contribution is 0.471. The van der Waals surface area contributed by atoms with Crippen molar-refractivity contribution in [1.29, 1.82) is 0 Å². The lowest BCUT2D eigenvalue weighted by Gasteiger charge is -2.27. The maximum absolute atomic E-state index is 6.26. The quantitative estimate of drug-likeness (QED) is 0.864. The van der Waals surface area contributed by atoms with Crippen molar-refractivity contribution in [2.24, 2.45) is 0 Å². The van der Waals surface area contributed by atoms with Crippen LogP contribution in [-0.2, 0) is 6.42 Å². The molecule has 0 amide bonds. The van der Waals surface area contributed by atoms with E-state index >= 15 is 0 Å². The van der Waals surface area contributed by atoms with Crippen molar-refractivity contribution in [1.82, 2.24) is 5.32 Å². The molecule has 0 bridgehead atoms. The molecule has 15 heavy (non-hydrogen) atoms. The standard InChI is InChI=1S/C12H15BrClN/c1-2-3-12-10-6-8(13)7-11(14)9(10)4-5-15-12/h6-7,12,15H,2-5H2,1H3. The molecule has 1 N–H and O–H groups in total. The fraction of sp³-hybridized carbons (Fsp3) is 0.500. The lowest BCUT2D eigenvalue weighted by Crippen LogP contribution is -2.29. The zero-order chi connectivity index (χ0) is 10.8. The van der Waals surface area contributed by atoms with Crippen LogP contribution in [0.2, 0.25) is 5.02 Å². The molecule has 0 aromatic heterocycles. The molecule has 0 radical (unpaired) electrons. The summed E-state index contributed by atoms with van der Waals surface area (Å²) in [5.41, 5.74) is 2.71. The van der Waals surface area contributed by atoms with Gasteiger partial charge in [-0.25, -0.2) is 0 Å². The fourth-order valence-electron chi connectivity index (χ4n) is 2.23. The number of halogens is 2. The number of hydrogen-bond acceptors (Lipinski definition) is 1. The Kier molecular flexibility index (Phi) is 3.70. The first-order valence-electron chi connectivity index (χ1n) is 5.43. The molecule has 3 heteroatoms. The van der Waals surface area contributed by atoms with E-state index in [1.807, 2.05) is 6.07 Å². The van der Waals surface area contributed by atoms with E-state index in [4.69, 9.17) is 11.6 Å². The van der Waals surface area contributed by atoms with Gasteiger partial charge in [0.25, 0.3) is 0 Å². The van der Waals surface area contributed by atoms with Gasteiger partial charge in [0.05, 0.1) is 0 Å². The van der Waals surface area contributed by atoms with Crippen molar-refractivity contribution in [2.45, 2.75) is 32.2 Å². The maximum atomic E-state index is 6.26. The summed E-state index contributed by atoms with van der Waals surface area (Å²) >= 11 is 9.76. The summed E-state index contributed by atoms with van der Waals surface area (Å²) in [4.78, 5) is 0. The lowest BCUT2D eigenvalue weighted by atomic mass is 9.92. The first kappa shape index (κ1) is 11.4. The second-order valence-electron chi connectivity index (χ2n) is 4.00. The van der Waals surface area contributed by atoms with Crippen molar-refractivity contribution in [3.8, 4) is 0 Å². The highest BCUT2D eigenvalue weighted by Gasteiger charge is 2.21. The average molecular weight is 289 g/mol. The molecular weight excluding hydrogens is 273 g/mol. The highest BCUT2D eigenvalue weighted by atomic mass is 79.9. The monoisotopic (exact) mass is 287 g/mol. The molecule has 1 nitrogen and oxygen atoms in total. The van der Waals surface area contributed by atoms with Gasteiger partial charge >= 0.3 is 0 Å². The molecule has 0 aliphatic carbocycles. The van der Waals surface area contributed by atoms with Crippen molar-refractivity contribution >= 4 is 27.5 Å². The zero-order valence-corrected chi connectivity index (χ0v) is 11.2. The third-order valence-corrected chi connectivity index (χ3v) is 3.71. The SMILES string of the molecule is CCCC1NCCc2c(Cl)cc(Br)cc21. The van der Waals surface area contributed by atoms with Gasteiger partial charge in [-0.1, -0.05) is 40.9 Å². The second kappa shape index (κ2) is 4.86. The average Bonchev–Trinajstić information content (AvgIpc) is 2.19. The minimum atomic E-state index is 0.480. The van der Waals surface area contributed by atoms with E-state index < -0.39 is 0 Å². The predicted molar refractivity (Wildman–Crippen MR) is 68.5 cm³/mol. The van der Waals surface area contributed by atoms with Crippen molar-refractivity contribution in [3.63, 3.8) is 0 Å². The van der Waals surface area contributed by atoms with Crippen LogP contribution >= 0.6 is 27.5 Å². The van der Waals surface area contributed by atoms with Crippen molar-refractivity contribution in [2.75, 3.05) is 6.54 Å². The molecule has 2 rings (SSSR count). The van der Waals surface area contributed by atoms with Crippen LogP contribution < -0.4 is 5.32 Å². The van der Waals surface area contributed by atoms with Crippen LogP contribution in [0.1, 0.15) is 36.9 Å². The molecule has 0 fully saturated rings. The summed E-state index contributed by atoms with van der Waals surface area (Å²) in [5, 5.41) is 4.46. The Bertz CT molecular complexity index is 365. The Balaban J connectivity index is 2.41. The molecule has 1 aliphatic rings. The van der Waals surface area contributed by atoms with Gasteiger partial charge in [0.1, 0.15) is 0 Å². The van der Waals surface area contributed by atoms with Crippen LogP contribution in [0.3, 0.4) is 0 Å². The summed E-state index contributed by atoms with van der Waals surface area (Å²) in [6.07, 6.45) is 3.42. The van der Waals surface area contributed by atoms with Gasteiger partial charge < -0.3 is 5.32 Å². The third-order valence-electron chi connectivity index (χ3n) is 2.91. The highest BCUT2D eigenvalue weighted by Crippen LogP contribution is 2.33. The number of nitrogens with one attached hydrogen (secondary N) is 1. The van der Waals surface area contributed by atoms with Crippen LogP contribution in [0.15, 0.2) is 16.6 Å². The Hall–Kier alpha value is -0.0500. The molecule has 1 aromatic carbocycles. The Labute approximate surface area is 104 Å². The van der Waals surface area contributed by atoms with Gasteiger partial charge in [-0.2, -0.15) is 0 Å². The van der Waals surface area contributed by atoms with E-state index in [0.717, 1.165) is 22.5 Å². The van der Waals surface area contributed by atoms with Gasteiger partial charge in [0.2, 0.25) is 0 Å². The molecule has 1 heterocycles. The van der Waals surface area contributed by atoms with E-state index in [-0.39, 0.29) is 0 Å². The van der Waals surface area contributed by atoms with Gasteiger partial charge in [0.15, 0.2) is 0 Å². The normalized spacial score (nSPS) is 20.1. The van der Waals surface area contributed by atoms with Gasteiger partial charge in [-0.3, -0.25) is 0 Å². The topological polar surface area (TPSA) is 12.0 Å². The largest absolute Gasteiger partial charge is 0.310 e. The minimum Gasteiger partial charge on any atom is -0.310 e.